The van der Waals surface area contributed by atoms with Crippen molar-refractivity contribution in [1.82, 2.24) is 0 Å². The number of rotatable bonds is 87. The van der Waals surface area contributed by atoms with Gasteiger partial charge in [0.05, 0.1) is 26.4 Å². The van der Waals surface area contributed by atoms with Gasteiger partial charge in [-0.25, -0.2) is 9.13 Å². The highest BCUT2D eigenvalue weighted by molar-refractivity contribution is 7.47. The van der Waals surface area contributed by atoms with Gasteiger partial charge in [0.25, 0.3) is 0 Å². The molecule has 0 saturated heterocycles. The van der Waals surface area contributed by atoms with Gasteiger partial charge in [0.2, 0.25) is 0 Å². The largest absolute Gasteiger partial charge is 0.472 e. The average molecular weight is 1700 g/mol. The monoisotopic (exact) mass is 1700 g/mol. The maximum Gasteiger partial charge on any atom is 0.472 e. The van der Waals surface area contributed by atoms with Gasteiger partial charge in [-0.1, -0.05) is 382 Å². The minimum Gasteiger partial charge on any atom is -0.463 e. The Balaban J connectivity index is 4.64. The molecule has 0 heterocycles. The number of carbonyl (C=O) groups is 3. The molecule has 0 radical (unpaired) electrons. The highest BCUT2D eigenvalue weighted by Gasteiger charge is 2.29. The number of carbonyl (C=O) groups excluding carboxylic acids is 3. The smallest absolute Gasteiger partial charge is 0.463 e. The van der Waals surface area contributed by atoms with Gasteiger partial charge in [0, 0.05) is 19.3 Å². The van der Waals surface area contributed by atoms with E-state index in [0.29, 0.717) is 19.3 Å². The summed E-state index contributed by atoms with van der Waals surface area (Å²) in [5.41, 5.74) is 0. The average Bonchev–Trinajstić information content (AvgIpc) is 0.902. The molecule has 0 rings (SSSR count). The van der Waals surface area contributed by atoms with E-state index < -0.39 is 91.5 Å². The van der Waals surface area contributed by atoms with Gasteiger partial charge in [-0.15, -0.1) is 0 Å². The third kappa shape index (κ3) is 92.9. The number of unbranched alkanes of at least 4 members (excludes halogenated alkanes) is 32. The van der Waals surface area contributed by atoms with Crippen molar-refractivity contribution >= 4 is 33.6 Å². The van der Waals surface area contributed by atoms with Crippen LogP contribution in [0.5, 0.6) is 0 Å². The zero-order valence-electron chi connectivity index (χ0n) is 74.7. The third-order valence-corrected chi connectivity index (χ3v) is 21.2. The number of hydrogen-bond donors (Lipinski definition) is 4. The van der Waals surface area contributed by atoms with E-state index in [1.54, 1.807) is 0 Å². The molecule has 0 spiro atoms. The normalized spacial score (nSPS) is 14.6. The molecule has 5 unspecified atom stereocenters. The number of phosphoric ester groups is 2. The van der Waals surface area contributed by atoms with Crippen LogP contribution in [0.2, 0.25) is 0 Å². The predicted octanol–water partition coefficient (Wildman–Crippen LogP) is 29.0. The first-order valence-corrected chi connectivity index (χ1v) is 49.7. The third-order valence-electron chi connectivity index (χ3n) is 19.3. The van der Waals surface area contributed by atoms with Gasteiger partial charge < -0.3 is 34.2 Å². The van der Waals surface area contributed by atoms with E-state index in [4.69, 9.17) is 32.3 Å². The van der Waals surface area contributed by atoms with Crippen molar-refractivity contribution in [2.24, 2.45) is 0 Å². The van der Waals surface area contributed by atoms with Crippen molar-refractivity contribution in [2.45, 2.75) is 386 Å². The molecule has 0 aliphatic heterocycles. The molecule has 0 amide bonds. The van der Waals surface area contributed by atoms with E-state index >= 15 is 0 Å². The summed E-state index contributed by atoms with van der Waals surface area (Å²) in [5, 5.41) is 20.7. The number of phosphoric acid groups is 2. The summed E-state index contributed by atoms with van der Waals surface area (Å²) in [4.78, 5) is 59.0. The maximum atomic E-state index is 13.1. The lowest BCUT2D eigenvalue weighted by Crippen LogP contribution is -2.30. The summed E-state index contributed by atoms with van der Waals surface area (Å²) in [5.74, 6) is -1.60. The van der Waals surface area contributed by atoms with Gasteiger partial charge >= 0.3 is 33.6 Å². The highest BCUT2D eigenvalue weighted by atomic mass is 31.2. The summed E-state index contributed by atoms with van der Waals surface area (Å²) in [6.45, 7) is 2.34. The fourth-order valence-corrected chi connectivity index (χ4v) is 13.9. The molecule has 119 heavy (non-hydrogen) atoms. The van der Waals surface area contributed by atoms with Crippen LogP contribution in [0.4, 0.5) is 0 Å². The van der Waals surface area contributed by atoms with Crippen molar-refractivity contribution < 1.29 is 75.8 Å². The number of allylic oxidation sites excluding steroid dienone is 32. The summed E-state index contributed by atoms with van der Waals surface area (Å²) < 4.78 is 61.5. The van der Waals surface area contributed by atoms with E-state index in [1.807, 2.05) is 0 Å². The summed E-state index contributed by atoms with van der Waals surface area (Å²) in [6.07, 6.45) is 122. The van der Waals surface area contributed by atoms with Crippen molar-refractivity contribution in [3.63, 3.8) is 0 Å². The molecular weight excluding hydrogens is 1530 g/mol. The standard InChI is InChI=1S/C101H168O16P2/c1-4-7-10-13-16-19-22-25-28-31-34-37-40-42-44-46-47-49-51-52-55-57-60-63-66-69-72-75-78-81-84-87-99(104)111-90-96(102)91-113-118(107,108)114-92-97(103)93-115-119(109,110)116-95-98(117-101(106)89-86-83-80-77-74-71-68-65-62-59-54-39-36-33-30-27-24-21-18-15-12-9-6-3)94-112-100(105)88-85-82-79-76-73-70-67-64-61-58-56-53-50-48-45-43-41-38-35-32-29-26-23-20-17-14-11-8-5-2/h7-12,16-21,25-30,34-39,42-45,59,62,68,71,96-98,102-103H,4-6,13-15,22-24,31-33,40-41,46-58,60-61,63-67,69-70,72-95H2,1-3H3,(H,107,108)(H,109,110)/b10-7-,11-8-,12-9-,19-16-,20-17-,21-18-,28-25-,29-26-,30-27-,37-34-,38-35-,39-36-,44-42-,45-43-,62-59-,71-68-. The molecule has 678 valence electrons. The van der Waals surface area contributed by atoms with E-state index in [2.05, 4.69) is 215 Å². The zero-order valence-corrected chi connectivity index (χ0v) is 76.5. The molecule has 16 nitrogen and oxygen atoms in total. The number of aliphatic hydroxyl groups is 2. The Morgan fingerprint density at radius 3 is 0.664 bits per heavy atom. The minimum absolute atomic E-state index is 0.0687. The molecule has 0 bridgehead atoms. The molecule has 0 aromatic heterocycles. The van der Waals surface area contributed by atoms with Crippen LogP contribution in [0.25, 0.3) is 0 Å². The van der Waals surface area contributed by atoms with Crippen LogP contribution >= 0.6 is 15.6 Å². The Bertz CT molecular complexity index is 2940. The molecule has 0 saturated carbocycles. The van der Waals surface area contributed by atoms with Gasteiger partial charge in [-0.3, -0.25) is 32.5 Å². The van der Waals surface area contributed by atoms with E-state index in [9.17, 15) is 43.5 Å². The summed E-state index contributed by atoms with van der Waals surface area (Å²) in [6, 6.07) is 0. The van der Waals surface area contributed by atoms with Crippen LogP contribution in [0.1, 0.15) is 367 Å². The molecule has 5 atom stereocenters. The van der Waals surface area contributed by atoms with Crippen molar-refractivity contribution in [2.75, 3.05) is 39.6 Å². The van der Waals surface area contributed by atoms with Crippen LogP contribution in [0, 0.1) is 0 Å². The maximum absolute atomic E-state index is 13.1. The van der Waals surface area contributed by atoms with Gasteiger partial charge in [0.1, 0.15) is 25.4 Å². The second-order valence-corrected chi connectivity index (χ2v) is 33.6. The second kappa shape index (κ2) is 91.6. The summed E-state index contributed by atoms with van der Waals surface area (Å²) in [7, 11) is -9.83. The lowest BCUT2D eigenvalue weighted by molar-refractivity contribution is -0.161. The lowest BCUT2D eigenvalue weighted by Gasteiger charge is -2.21. The van der Waals surface area contributed by atoms with Crippen LogP contribution in [-0.4, -0.2) is 95.9 Å². The van der Waals surface area contributed by atoms with Crippen LogP contribution in [-0.2, 0) is 55.8 Å². The molecule has 18 heteroatoms. The van der Waals surface area contributed by atoms with E-state index in [1.165, 1.54) is 128 Å². The van der Waals surface area contributed by atoms with Crippen LogP contribution in [0.15, 0.2) is 194 Å². The van der Waals surface area contributed by atoms with Crippen LogP contribution in [0.3, 0.4) is 0 Å². The van der Waals surface area contributed by atoms with Gasteiger partial charge in [0.15, 0.2) is 6.10 Å². The fourth-order valence-electron chi connectivity index (χ4n) is 12.3. The fraction of sp³-hybridized carbons (Fsp3) is 0.653. The van der Waals surface area contributed by atoms with E-state index in [0.717, 1.165) is 180 Å². The van der Waals surface area contributed by atoms with Gasteiger partial charge in [-0.2, -0.15) is 0 Å². The van der Waals surface area contributed by atoms with Crippen molar-refractivity contribution in [1.29, 1.82) is 0 Å². The Morgan fingerprint density at radius 2 is 0.420 bits per heavy atom. The molecule has 0 aliphatic rings. The predicted molar refractivity (Wildman–Crippen MR) is 500 cm³/mol. The lowest BCUT2D eigenvalue weighted by atomic mass is 10.0. The first-order valence-electron chi connectivity index (χ1n) is 46.7. The number of ether oxygens (including phenoxy) is 3. The van der Waals surface area contributed by atoms with Gasteiger partial charge in [-0.05, 0) is 161 Å². The quantitative estimate of drug-likeness (QED) is 0.0146. The number of aliphatic hydroxyl groups excluding tert-OH is 2. The SMILES string of the molecule is CC/C=C\C/C=C\C/C=C\C/C=C\C/C=C\C/C=C\CCCCCCC(=O)OC(COC(=O)CCCCCCCCCCCCCCC/C=C\C/C=C\C/C=C\C/C=C\C/C=C\CC)COP(=O)(O)OCC(O)COP(=O)(O)OCC(O)COC(=O)CCCCCCCCCCCCCCCCC/C=C\C/C=C\C/C=C\C/C=C\C/C=C\CC. The van der Waals surface area contributed by atoms with E-state index in [-0.39, 0.29) is 19.3 Å². The number of esters is 3. The zero-order chi connectivity index (χ0) is 86.5. The first-order chi connectivity index (χ1) is 58.2. The molecular formula is C101H168O16P2. The second-order valence-electron chi connectivity index (χ2n) is 30.7. The molecule has 0 fully saturated rings. The number of hydrogen-bond acceptors (Lipinski definition) is 14. The molecule has 0 aromatic carbocycles. The van der Waals surface area contributed by atoms with Crippen LogP contribution < -0.4 is 0 Å². The Labute approximate surface area is 725 Å². The minimum atomic E-state index is -4.96. The highest BCUT2D eigenvalue weighted by Crippen LogP contribution is 2.45. The molecule has 4 N–H and O–H groups in total. The molecule has 0 aromatic rings. The Hall–Kier alpha value is -5.61. The topological polar surface area (TPSA) is 231 Å². The molecule has 0 aliphatic carbocycles. The Kier molecular flexibility index (Phi) is 87.3. The van der Waals surface area contributed by atoms with Crippen molar-refractivity contribution in [3.05, 3.63) is 194 Å². The van der Waals surface area contributed by atoms with Crippen molar-refractivity contribution in [3.8, 4) is 0 Å². The Morgan fingerprint density at radius 1 is 0.235 bits per heavy atom. The first kappa shape index (κ1) is 113. The summed E-state index contributed by atoms with van der Waals surface area (Å²) >= 11 is 0.